The molecule has 6 nitrogen and oxygen atoms in total. The second-order valence-corrected chi connectivity index (χ2v) is 7.36. The summed E-state index contributed by atoms with van der Waals surface area (Å²) in [7, 11) is 0. The van der Waals surface area contributed by atoms with Gasteiger partial charge in [0.2, 0.25) is 0 Å². The quantitative estimate of drug-likeness (QED) is 0.600. The van der Waals surface area contributed by atoms with E-state index in [1.165, 1.54) is 22.9 Å². The number of carbonyl (C=O) groups is 1. The van der Waals surface area contributed by atoms with Crippen molar-refractivity contribution in [1.82, 2.24) is 14.5 Å². The predicted octanol–water partition coefficient (Wildman–Crippen LogP) is 3.66. The van der Waals surface area contributed by atoms with Crippen LogP contribution in [-0.2, 0) is 13.1 Å². The molecule has 0 spiro atoms. The van der Waals surface area contributed by atoms with Crippen molar-refractivity contribution in [2.24, 2.45) is 0 Å². The largest absolute Gasteiger partial charge is 0.348 e. The van der Waals surface area contributed by atoms with Gasteiger partial charge in [0, 0.05) is 24.3 Å². The molecular weight excluding hydrogens is 428 g/mol. The van der Waals surface area contributed by atoms with Gasteiger partial charge in [-0.25, -0.2) is 18.1 Å². The van der Waals surface area contributed by atoms with Crippen molar-refractivity contribution in [3.8, 4) is 5.69 Å². The monoisotopic (exact) mass is 447 g/mol. The van der Waals surface area contributed by atoms with E-state index in [2.05, 4.69) is 5.32 Å². The van der Waals surface area contributed by atoms with Crippen LogP contribution in [0.5, 0.6) is 0 Å². The molecule has 1 amide bonds. The molecule has 0 saturated heterocycles. The number of aryl methyl sites for hydroxylation is 1. The summed E-state index contributed by atoms with van der Waals surface area (Å²) in [6.07, 6.45) is 2.70. The highest BCUT2D eigenvalue weighted by Crippen LogP contribution is 2.13. The van der Waals surface area contributed by atoms with Crippen molar-refractivity contribution in [2.75, 3.05) is 0 Å². The molecule has 162 valence electrons. The zero-order valence-electron chi connectivity index (χ0n) is 16.7. The lowest BCUT2D eigenvalue weighted by Gasteiger charge is -2.13. The van der Waals surface area contributed by atoms with Gasteiger partial charge in [0.05, 0.1) is 5.69 Å². The molecule has 0 bridgehead atoms. The summed E-state index contributed by atoms with van der Waals surface area (Å²) in [4.78, 5) is 38.7. The highest BCUT2D eigenvalue weighted by atomic mass is 35.5. The van der Waals surface area contributed by atoms with E-state index in [0.29, 0.717) is 23.6 Å². The number of nitrogens with zero attached hydrogens (tertiary/aromatic N) is 2. The molecule has 0 radical (unpaired) electrons. The summed E-state index contributed by atoms with van der Waals surface area (Å²) in [6, 6.07) is 9.43. The van der Waals surface area contributed by atoms with Gasteiger partial charge in [0.15, 0.2) is 11.6 Å². The molecule has 0 aliphatic rings. The maximum Gasteiger partial charge on any atom is 0.335 e. The van der Waals surface area contributed by atoms with Gasteiger partial charge >= 0.3 is 5.69 Å². The highest BCUT2D eigenvalue weighted by Gasteiger charge is 2.19. The molecule has 0 aliphatic heterocycles. The van der Waals surface area contributed by atoms with Crippen molar-refractivity contribution in [3.63, 3.8) is 0 Å². The van der Waals surface area contributed by atoms with Gasteiger partial charge in [0.25, 0.3) is 11.5 Å². The van der Waals surface area contributed by atoms with Crippen LogP contribution in [0.15, 0.2) is 58.3 Å². The fourth-order valence-corrected chi connectivity index (χ4v) is 3.20. The fourth-order valence-electron chi connectivity index (χ4n) is 3.02. The van der Waals surface area contributed by atoms with Crippen LogP contribution in [0.1, 0.15) is 35.7 Å². The third-order valence-electron chi connectivity index (χ3n) is 4.66. The number of benzene rings is 2. The van der Waals surface area contributed by atoms with Gasteiger partial charge in [0.1, 0.15) is 5.56 Å². The molecule has 1 aromatic heterocycles. The molecule has 2 aromatic carbocycles. The second kappa shape index (κ2) is 9.70. The molecule has 0 fully saturated rings. The molecule has 0 unspecified atom stereocenters. The van der Waals surface area contributed by atoms with Crippen LogP contribution in [0.4, 0.5) is 8.78 Å². The zero-order valence-corrected chi connectivity index (χ0v) is 17.5. The second-order valence-electron chi connectivity index (χ2n) is 6.92. The van der Waals surface area contributed by atoms with Gasteiger partial charge in [-0.3, -0.25) is 14.2 Å². The number of carbonyl (C=O) groups excluding carboxylic acids is 1. The number of amides is 1. The Hall–Kier alpha value is -3.26. The van der Waals surface area contributed by atoms with Gasteiger partial charge in [-0.2, -0.15) is 0 Å². The minimum Gasteiger partial charge on any atom is -0.348 e. The topological polar surface area (TPSA) is 73.1 Å². The van der Waals surface area contributed by atoms with Gasteiger partial charge in [-0.15, -0.1) is 0 Å². The summed E-state index contributed by atoms with van der Waals surface area (Å²) < 4.78 is 28.7. The first kappa shape index (κ1) is 22.4. The number of halogens is 3. The van der Waals surface area contributed by atoms with Crippen LogP contribution in [0.25, 0.3) is 5.69 Å². The molecule has 31 heavy (non-hydrogen) atoms. The SMILES string of the molecule is CCCCn1cc(C(=O)NCc2ccc(F)c(F)c2)c(=O)n(-c2cccc(Cl)c2)c1=O. The lowest BCUT2D eigenvalue weighted by Crippen LogP contribution is -2.43. The Kier molecular flexibility index (Phi) is 7.02. The molecular formula is C22H20ClF2N3O3. The molecule has 9 heteroatoms. The summed E-state index contributed by atoms with van der Waals surface area (Å²) in [5, 5.41) is 2.84. The average molecular weight is 448 g/mol. The summed E-state index contributed by atoms with van der Waals surface area (Å²) in [5.74, 6) is -2.78. The number of hydrogen-bond acceptors (Lipinski definition) is 3. The summed E-state index contributed by atoms with van der Waals surface area (Å²) in [6.45, 7) is 2.15. The van der Waals surface area contributed by atoms with Gasteiger partial charge in [-0.05, 0) is 42.3 Å². The van der Waals surface area contributed by atoms with Crippen molar-refractivity contribution < 1.29 is 13.6 Å². The van der Waals surface area contributed by atoms with E-state index >= 15 is 0 Å². The van der Waals surface area contributed by atoms with Crippen molar-refractivity contribution in [3.05, 3.63) is 97.3 Å². The van der Waals surface area contributed by atoms with Crippen molar-refractivity contribution in [1.29, 1.82) is 0 Å². The molecule has 1 N–H and O–H groups in total. The van der Waals surface area contributed by atoms with Crippen LogP contribution < -0.4 is 16.6 Å². The maximum atomic E-state index is 13.4. The van der Waals surface area contributed by atoms with Gasteiger partial charge in [-0.1, -0.05) is 37.1 Å². The van der Waals surface area contributed by atoms with E-state index < -0.39 is 28.8 Å². The number of rotatable bonds is 7. The smallest absolute Gasteiger partial charge is 0.335 e. The number of nitrogens with one attached hydrogen (secondary N) is 1. The zero-order chi connectivity index (χ0) is 22.5. The number of unbranched alkanes of at least 4 members (excludes halogenated alkanes) is 1. The highest BCUT2D eigenvalue weighted by molar-refractivity contribution is 6.30. The first-order valence-corrected chi connectivity index (χ1v) is 10.0. The Morgan fingerprint density at radius 1 is 1.10 bits per heavy atom. The first-order chi connectivity index (χ1) is 14.8. The molecule has 0 saturated carbocycles. The first-order valence-electron chi connectivity index (χ1n) is 9.66. The maximum absolute atomic E-state index is 13.4. The Balaban J connectivity index is 2.01. The average Bonchev–Trinajstić information content (AvgIpc) is 2.74. The molecule has 3 aromatic rings. The molecule has 3 rings (SSSR count). The van der Waals surface area contributed by atoms with Crippen LogP contribution >= 0.6 is 11.6 Å². The van der Waals surface area contributed by atoms with E-state index in [1.54, 1.807) is 18.2 Å². The third kappa shape index (κ3) is 5.08. The van der Waals surface area contributed by atoms with E-state index in [-0.39, 0.29) is 17.8 Å². The molecule has 0 atom stereocenters. The Morgan fingerprint density at radius 3 is 2.55 bits per heavy atom. The standard InChI is InChI=1S/C22H20ClF2N3O3/c1-2-3-9-27-13-17(20(29)26-12-14-7-8-18(24)19(25)10-14)21(30)28(22(27)31)16-6-4-5-15(23)11-16/h4-8,10-11,13H,2-3,9,12H2,1H3,(H,26,29). The Bertz CT molecular complexity index is 1240. The summed E-state index contributed by atoms with van der Waals surface area (Å²) in [5.41, 5.74) is -1.08. The van der Waals surface area contributed by atoms with E-state index in [9.17, 15) is 23.2 Å². The van der Waals surface area contributed by atoms with Gasteiger partial charge < -0.3 is 5.32 Å². The Morgan fingerprint density at radius 2 is 1.87 bits per heavy atom. The lowest BCUT2D eigenvalue weighted by atomic mass is 10.2. The van der Waals surface area contributed by atoms with Crippen LogP contribution in [0.3, 0.4) is 0 Å². The minimum absolute atomic E-state index is 0.124. The van der Waals surface area contributed by atoms with Crippen molar-refractivity contribution >= 4 is 17.5 Å². The number of aromatic nitrogens is 2. The summed E-state index contributed by atoms with van der Waals surface area (Å²) >= 11 is 6.01. The predicted molar refractivity (Wildman–Crippen MR) is 114 cm³/mol. The molecule has 0 aliphatic carbocycles. The fraction of sp³-hybridized carbons (Fsp3) is 0.227. The van der Waals surface area contributed by atoms with E-state index in [4.69, 9.17) is 11.6 Å². The normalized spacial score (nSPS) is 10.8. The van der Waals surface area contributed by atoms with Crippen LogP contribution in [-0.4, -0.2) is 15.0 Å². The third-order valence-corrected chi connectivity index (χ3v) is 4.89. The Labute approximate surface area is 181 Å². The minimum atomic E-state index is -1.04. The lowest BCUT2D eigenvalue weighted by molar-refractivity contribution is 0.0948. The van der Waals surface area contributed by atoms with E-state index in [0.717, 1.165) is 23.1 Å². The van der Waals surface area contributed by atoms with Crippen molar-refractivity contribution in [2.45, 2.75) is 32.9 Å². The van der Waals surface area contributed by atoms with Crippen LogP contribution in [0.2, 0.25) is 5.02 Å². The van der Waals surface area contributed by atoms with E-state index in [1.807, 2.05) is 6.92 Å². The number of hydrogen-bond donors (Lipinski definition) is 1. The van der Waals surface area contributed by atoms with Crippen LogP contribution in [0, 0.1) is 11.6 Å². The molecule has 1 heterocycles.